The third kappa shape index (κ3) is 3.18. The van der Waals surface area contributed by atoms with Gasteiger partial charge in [0.15, 0.2) is 0 Å². The van der Waals surface area contributed by atoms with E-state index in [1.165, 1.54) is 31.5 Å². The molecule has 1 heterocycles. The summed E-state index contributed by atoms with van der Waals surface area (Å²) in [5.74, 6) is 0. The second-order valence-electron chi connectivity index (χ2n) is 6.83. The van der Waals surface area contributed by atoms with Crippen LogP contribution in [0, 0.1) is 0 Å². The first kappa shape index (κ1) is 14.5. The van der Waals surface area contributed by atoms with Crippen molar-refractivity contribution in [3.8, 4) is 0 Å². The molecule has 2 nitrogen and oxygen atoms in total. The van der Waals surface area contributed by atoms with Crippen molar-refractivity contribution >= 4 is 0 Å². The van der Waals surface area contributed by atoms with Crippen LogP contribution in [0.5, 0.6) is 0 Å². The van der Waals surface area contributed by atoms with E-state index < -0.39 is 0 Å². The smallest absolute Gasteiger partial charge is 0.0125 e. The van der Waals surface area contributed by atoms with Crippen LogP contribution in [0.4, 0.5) is 0 Å². The molecule has 0 aliphatic carbocycles. The molecule has 1 saturated heterocycles. The Balaban J connectivity index is 2.16. The Bertz CT molecular complexity index is 383. The highest BCUT2D eigenvalue weighted by atomic mass is 15.2. The topological polar surface area (TPSA) is 15.3 Å². The second kappa shape index (κ2) is 5.64. The van der Waals surface area contributed by atoms with Crippen LogP contribution in [0.3, 0.4) is 0 Å². The molecule has 0 aromatic heterocycles. The van der Waals surface area contributed by atoms with Crippen molar-refractivity contribution < 1.29 is 0 Å². The van der Waals surface area contributed by atoms with Crippen molar-refractivity contribution in [3.05, 3.63) is 35.9 Å². The van der Waals surface area contributed by atoms with Gasteiger partial charge in [-0.05, 0) is 59.3 Å². The number of hydrogen-bond donors (Lipinski definition) is 1. The molecule has 0 unspecified atom stereocenters. The van der Waals surface area contributed by atoms with Crippen LogP contribution in [-0.4, -0.2) is 37.1 Å². The molecule has 1 aromatic rings. The SMILES string of the molecule is CNCC1(c2ccccc2)CCN(C(C)(C)C)CC1. The molecule has 1 aliphatic heterocycles. The van der Waals surface area contributed by atoms with E-state index in [0.29, 0.717) is 11.0 Å². The van der Waals surface area contributed by atoms with Gasteiger partial charge in [-0.25, -0.2) is 0 Å². The van der Waals surface area contributed by atoms with Gasteiger partial charge in [-0.15, -0.1) is 0 Å². The predicted octanol–water partition coefficient (Wildman–Crippen LogP) is 3.04. The molecule has 2 rings (SSSR count). The monoisotopic (exact) mass is 260 g/mol. The summed E-state index contributed by atoms with van der Waals surface area (Å²) >= 11 is 0. The van der Waals surface area contributed by atoms with Crippen molar-refractivity contribution in [2.75, 3.05) is 26.7 Å². The summed E-state index contributed by atoms with van der Waals surface area (Å²) in [5.41, 5.74) is 2.11. The lowest BCUT2D eigenvalue weighted by molar-refractivity contribution is 0.0742. The van der Waals surface area contributed by atoms with Gasteiger partial charge in [0, 0.05) is 17.5 Å². The molecule has 1 aromatic carbocycles. The molecule has 0 spiro atoms. The van der Waals surface area contributed by atoms with Crippen molar-refractivity contribution in [2.45, 2.75) is 44.6 Å². The molecule has 1 aliphatic rings. The highest BCUT2D eigenvalue weighted by molar-refractivity contribution is 5.27. The van der Waals surface area contributed by atoms with Crippen LogP contribution in [0.25, 0.3) is 0 Å². The lowest BCUT2D eigenvalue weighted by atomic mass is 9.72. The summed E-state index contributed by atoms with van der Waals surface area (Å²) in [6, 6.07) is 11.0. The van der Waals surface area contributed by atoms with E-state index in [4.69, 9.17) is 0 Å². The van der Waals surface area contributed by atoms with Gasteiger partial charge < -0.3 is 5.32 Å². The Morgan fingerprint density at radius 1 is 1.11 bits per heavy atom. The van der Waals surface area contributed by atoms with Crippen LogP contribution in [0.15, 0.2) is 30.3 Å². The fourth-order valence-electron chi connectivity index (χ4n) is 3.30. The van der Waals surface area contributed by atoms with Gasteiger partial charge in [0.1, 0.15) is 0 Å². The maximum absolute atomic E-state index is 3.41. The molecule has 0 amide bonds. The number of likely N-dealkylation sites (N-methyl/N-ethyl adjacent to an activating group) is 1. The largest absolute Gasteiger partial charge is 0.319 e. The molecule has 1 fully saturated rings. The summed E-state index contributed by atoms with van der Waals surface area (Å²) in [5, 5.41) is 3.41. The zero-order chi connectivity index (χ0) is 13.9. The first-order valence-corrected chi connectivity index (χ1v) is 7.43. The minimum absolute atomic E-state index is 0.294. The fourth-order valence-corrected chi connectivity index (χ4v) is 3.30. The first-order valence-electron chi connectivity index (χ1n) is 7.43. The third-order valence-electron chi connectivity index (χ3n) is 4.57. The van der Waals surface area contributed by atoms with E-state index >= 15 is 0 Å². The summed E-state index contributed by atoms with van der Waals surface area (Å²) < 4.78 is 0. The Morgan fingerprint density at radius 2 is 1.68 bits per heavy atom. The van der Waals surface area contributed by atoms with E-state index in [0.717, 1.165) is 6.54 Å². The zero-order valence-electron chi connectivity index (χ0n) is 12.9. The van der Waals surface area contributed by atoms with E-state index in [-0.39, 0.29) is 0 Å². The molecule has 2 heteroatoms. The van der Waals surface area contributed by atoms with Gasteiger partial charge in [-0.2, -0.15) is 0 Å². The Labute approximate surface area is 118 Å². The Kier molecular flexibility index (Phi) is 4.32. The quantitative estimate of drug-likeness (QED) is 0.898. The molecule has 0 saturated carbocycles. The standard InChI is InChI=1S/C17H28N2/c1-16(2,3)19-12-10-17(11-13-19,14-18-4)15-8-6-5-7-9-15/h5-9,18H,10-14H2,1-4H3. The Morgan fingerprint density at radius 3 is 2.16 bits per heavy atom. The van der Waals surface area contributed by atoms with E-state index in [1.807, 2.05) is 0 Å². The van der Waals surface area contributed by atoms with Crippen molar-refractivity contribution in [1.29, 1.82) is 0 Å². The number of nitrogens with one attached hydrogen (secondary N) is 1. The maximum Gasteiger partial charge on any atom is 0.0125 e. The fraction of sp³-hybridized carbons (Fsp3) is 0.647. The van der Waals surface area contributed by atoms with E-state index in [9.17, 15) is 0 Å². The van der Waals surface area contributed by atoms with Crippen LogP contribution in [-0.2, 0) is 5.41 Å². The van der Waals surface area contributed by atoms with Crippen molar-refractivity contribution in [1.82, 2.24) is 10.2 Å². The van der Waals surface area contributed by atoms with Crippen molar-refractivity contribution in [3.63, 3.8) is 0 Å². The zero-order valence-corrected chi connectivity index (χ0v) is 12.9. The molecule has 19 heavy (non-hydrogen) atoms. The highest BCUT2D eigenvalue weighted by Crippen LogP contribution is 2.36. The van der Waals surface area contributed by atoms with Gasteiger partial charge in [-0.3, -0.25) is 4.90 Å². The minimum Gasteiger partial charge on any atom is -0.319 e. The summed E-state index contributed by atoms with van der Waals surface area (Å²) in [6.07, 6.45) is 2.49. The van der Waals surface area contributed by atoms with Gasteiger partial charge in [0.2, 0.25) is 0 Å². The van der Waals surface area contributed by atoms with Gasteiger partial charge in [0.05, 0.1) is 0 Å². The molecular weight excluding hydrogens is 232 g/mol. The average Bonchev–Trinajstić information content (AvgIpc) is 2.39. The maximum atomic E-state index is 3.41. The molecule has 0 atom stereocenters. The summed E-state index contributed by atoms with van der Waals surface area (Å²) in [4.78, 5) is 2.61. The number of likely N-dealkylation sites (tertiary alicyclic amines) is 1. The molecular formula is C17H28N2. The highest BCUT2D eigenvalue weighted by Gasteiger charge is 2.37. The number of benzene rings is 1. The number of rotatable bonds is 3. The van der Waals surface area contributed by atoms with E-state index in [2.05, 4.69) is 68.4 Å². The van der Waals surface area contributed by atoms with Gasteiger partial charge >= 0.3 is 0 Å². The normalized spacial score (nSPS) is 20.4. The molecule has 0 radical (unpaired) electrons. The van der Waals surface area contributed by atoms with Crippen LogP contribution in [0.2, 0.25) is 0 Å². The number of piperidine rings is 1. The Hall–Kier alpha value is -0.860. The summed E-state index contributed by atoms with van der Waals surface area (Å²) in [6.45, 7) is 10.4. The van der Waals surface area contributed by atoms with Gasteiger partial charge in [0.25, 0.3) is 0 Å². The van der Waals surface area contributed by atoms with Crippen LogP contribution >= 0.6 is 0 Å². The molecule has 1 N–H and O–H groups in total. The lowest BCUT2D eigenvalue weighted by Gasteiger charge is -2.47. The van der Waals surface area contributed by atoms with Crippen LogP contribution < -0.4 is 5.32 Å². The average molecular weight is 260 g/mol. The number of hydrogen-bond acceptors (Lipinski definition) is 2. The summed E-state index contributed by atoms with van der Waals surface area (Å²) in [7, 11) is 2.07. The first-order chi connectivity index (χ1) is 8.98. The lowest BCUT2D eigenvalue weighted by Crippen LogP contribution is -2.52. The van der Waals surface area contributed by atoms with Gasteiger partial charge in [-0.1, -0.05) is 30.3 Å². The predicted molar refractivity (Wildman–Crippen MR) is 82.6 cm³/mol. The third-order valence-corrected chi connectivity index (χ3v) is 4.57. The van der Waals surface area contributed by atoms with E-state index in [1.54, 1.807) is 0 Å². The molecule has 106 valence electrons. The second-order valence-corrected chi connectivity index (χ2v) is 6.83. The number of nitrogens with zero attached hydrogens (tertiary/aromatic N) is 1. The minimum atomic E-state index is 0.294. The molecule has 0 bridgehead atoms. The van der Waals surface area contributed by atoms with Crippen molar-refractivity contribution in [2.24, 2.45) is 0 Å². The van der Waals surface area contributed by atoms with Crippen LogP contribution in [0.1, 0.15) is 39.2 Å².